The molecule has 0 saturated carbocycles. The first-order valence-electron chi connectivity index (χ1n) is 5.95. The van der Waals surface area contributed by atoms with E-state index in [1.165, 1.54) is 12.4 Å². The van der Waals surface area contributed by atoms with Crippen LogP contribution >= 0.6 is 15.9 Å². The summed E-state index contributed by atoms with van der Waals surface area (Å²) in [6, 6.07) is 4.74. The van der Waals surface area contributed by atoms with E-state index in [1.807, 2.05) is 6.92 Å². The first-order valence-corrected chi connectivity index (χ1v) is 6.74. The molecule has 0 amide bonds. The zero-order valence-corrected chi connectivity index (χ0v) is 12.1. The number of rotatable bonds is 3. The van der Waals surface area contributed by atoms with E-state index in [0.717, 1.165) is 0 Å². The summed E-state index contributed by atoms with van der Waals surface area (Å²) in [6.45, 7) is 2.59. The molecular formula is C12H10BrFN6. The first-order chi connectivity index (χ1) is 9.69. The van der Waals surface area contributed by atoms with Gasteiger partial charge in [0.15, 0.2) is 17.0 Å². The zero-order chi connectivity index (χ0) is 14.1. The zero-order valence-electron chi connectivity index (χ0n) is 10.5. The van der Waals surface area contributed by atoms with Crippen LogP contribution in [0.2, 0.25) is 0 Å². The maximum Gasteiger partial charge on any atom is 0.183 e. The number of halogens is 2. The van der Waals surface area contributed by atoms with Crippen LogP contribution in [0.25, 0.3) is 11.2 Å². The number of aryl methyl sites for hydroxylation is 1. The monoisotopic (exact) mass is 336 g/mol. The highest BCUT2D eigenvalue weighted by Crippen LogP contribution is 2.25. The molecule has 0 saturated heterocycles. The van der Waals surface area contributed by atoms with Crippen LogP contribution in [-0.4, -0.2) is 25.0 Å². The predicted molar refractivity (Wildman–Crippen MR) is 76.2 cm³/mol. The van der Waals surface area contributed by atoms with Crippen molar-refractivity contribution in [2.75, 3.05) is 5.32 Å². The Labute approximate surface area is 122 Å². The molecule has 1 N–H and O–H groups in total. The molecule has 0 atom stereocenters. The van der Waals surface area contributed by atoms with Crippen LogP contribution in [0.1, 0.15) is 6.92 Å². The Morgan fingerprint density at radius 2 is 2.20 bits per heavy atom. The van der Waals surface area contributed by atoms with Crippen molar-refractivity contribution >= 4 is 38.6 Å². The molecule has 0 aliphatic carbocycles. The van der Waals surface area contributed by atoms with Gasteiger partial charge in [-0.3, -0.25) is 0 Å². The summed E-state index contributed by atoms with van der Waals surface area (Å²) in [6.07, 6.45) is 1.40. The SMILES string of the molecule is CCn1nnc2c(Nc3ccc(Br)cc3F)ncnc21. The van der Waals surface area contributed by atoms with Crippen LogP contribution in [0.4, 0.5) is 15.9 Å². The fourth-order valence-corrected chi connectivity index (χ4v) is 2.15. The van der Waals surface area contributed by atoms with Crippen molar-refractivity contribution < 1.29 is 4.39 Å². The van der Waals surface area contributed by atoms with Crippen molar-refractivity contribution in [2.24, 2.45) is 0 Å². The van der Waals surface area contributed by atoms with Crippen LogP contribution in [0, 0.1) is 5.82 Å². The van der Waals surface area contributed by atoms with Gasteiger partial charge in [-0.15, -0.1) is 5.10 Å². The molecule has 2 aromatic heterocycles. The summed E-state index contributed by atoms with van der Waals surface area (Å²) in [4.78, 5) is 8.23. The Morgan fingerprint density at radius 1 is 1.35 bits per heavy atom. The minimum absolute atomic E-state index is 0.319. The first kappa shape index (κ1) is 12.9. The number of hydrogen-bond acceptors (Lipinski definition) is 5. The number of nitrogens with zero attached hydrogens (tertiary/aromatic N) is 5. The average Bonchev–Trinajstić information content (AvgIpc) is 2.86. The molecule has 0 aliphatic rings. The van der Waals surface area contributed by atoms with E-state index in [1.54, 1.807) is 16.8 Å². The van der Waals surface area contributed by atoms with Gasteiger partial charge in [0.1, 0.15) is 12.1 Å². The molecular weight excluding hydrogens is 327 g/mol. The van der Waals surface area contributed by atoms with Gasteiger partial charge in [-0.05, 0) is 25.1 Å². The number of fused-ring (bicyclic) bond motifs is 1. The Bertz CT molecular complexity index is 772. The van der Waals surface area contributed by atoms with Crippen LogP contribution in [-0.2, 0) is 6.54 Å². The number of anilines is 2. The molecule has 0 radical (unpaired) electrons. The smallest absolute Gasteiger partial charge is 0.183 e. The lowest BCUT2D eigenvalue weighted by Crippen LogP contribution is -2.00. The van der Waals surface area contributed by atoms with Crippen molar-refractivity contribution in [3.05, 3.63) is 34.8 Å². The molecule has 0 unspecified atom stereocenters. The second-order valence-corrected chi connectivity index (χ2v) is 4.96. The maximum atomic E-state index is 13.8. The minimum Gasteiger partial charge on any atom is -0.336 e. The lowest BCUT2D eigenvalue weighted by molar-refractivity contribution is 0.631. The summed E-state index contributed by atoms with van der Waals surface area (Å²) < 4.78 is 16.2. The van der Waals surface area contributed by atoms with E-state index < -0.39 is 0 Å². The van der Waals surface area contributed by atoms with Gasteiger partial charge in [0, 0.05) is 11.0 Å². The fourth-order valence-electron chi connectivity index (χ4n) is 1.81. The highest BCUT2D eigenvalue weighted by atomic mass is 79.9. The van der Waals surface area contributed by atoms with Gasteiger partial charge < -0.3 is 5.32 Å². The van der Waals surface area contributed by atoms with Crippen LogP contribution in [0.15, 0.2) is 29.0 Å². The number of benzene rings is 1. The standard InChI is InChI=1S/C12H10BrFN6/c1-2-20-12-10(18-19-20)11(15-6-16-12)17-9-4-3-7(13)5-8(9)14/h3-6H,2H2,1H3,(H,15,16,17). The highest BCUT2D eigenvalue weighted by Gasteiger charge is 2.12. The van der Waals surface area contributed by atoms with Crippen molar-refractivity contribution in [3.63, 3.8) is 0 Å². The largest absolute Gasteiger partial charge is 0.336 e. The van der Waals surface area contributed by atoms with Gasteiger partial charge in [0.25, 0.3) is 0 Å². The lowest BCUT2D eigenvalue weighted by Gasteiger charge is -2.07. The number of aromatic nitrogens is 5. The van der Waals surface area contributed by atoms with E-state index in [4.69, 9.17) is 0 Å². The van der Waals surface area contributed by atoms with Gasteiger partial charge in [0.2, 0.25) is 0 Å². The van der Waals surface area contributed by atoms with Crippen LogP contribution < -0.4 is 5.32 Å². The molecule has 102 valence electrons. The molecule has 0 fully saturated rings. The summed E-state index contributed by atoms with van der Waals surface area (Å²) in [5.41, 5.74) is 1.44. The quantitative estimate of drug-likeness (QED) is 0.796. The van der Waals surface area contributed by atoms with E-state index in [9.17, 15) is 4.39 Å². The van der Waals surface area contributed by atoms with E-state index >= 15 is 0 Å². The molecule has 8 heteroatoms. The minimum atomic E-state index is -0.381. The average molecular weight is 337 g/mol. The highest BCUT2D eigenvalue weighted by molar-refractivity contribution is 9.10. The van der Waals surface area contributed by atoms with Crippen LogP contribution in [0.3, 0.4) is 0 Å². The third kappa shape index (κ3) is 2.22. The topological polar surface area (TPSA) is 68.5 Å². The second kappa shape index (κ2) is 5.12. The van der Waals surface area contributed by atoms with Gasteiger partial charge in [-0.25, -0.2) is 19.0 Å². The summed E-state index contributed by atoms with van der Waals surface area (Å²) >= 11 is 3.22. The number of hydrogen-bond donors (Lipinski definition) is 1. The van der Waals surface area contributed by atoms with Gasteiger partial charge in [0.05, 0.1) is 5.69 Å². The third-order valence-electron chi connectivity index (χ3n) is 2.78. The Hall–Kier alpha value is -2.09. The van der Waals surface area contributed by atoms with Gasteiger partial charge in [-0.1, -0.05) is 21.1 Å². The molecule has 3 aromatic rings. The van der Waals surface area contributed by atoms with Crippen molar-refractivity contribution in [3.8, 4) is 0 Å². The molecule has 1 aromatic carbocycles. The Balaban J connectivity index is 2.04. The summed E-state index contributed by atoms with van der Waals surface area (Å²) in [5, 5.41) is 10.9. The van der Waals surface area contributed by atoms with E-state index in [0.29, 0.717) is 33.7 Å². The van der Waals surface area contributed by atoms with Crippen LogP contribution in [0.5, 0.6) is 0 Å². The normalized spacial score (nSPS) is 10.9. The predicted octanol–water partition coefficient (Wildman–Crippen LogP) is 2.89. The van der Waals surface area contributed by atoms with Crippen molar-refractivity contribution in [1.82, 2.24) is 25.0 Å². The fraction of sp³-hybridized carbons (Fsp3) is 0.167. The third-order valence-corrected chi connectivity index (χ3v) is 3.28. The van der Waals surface area contributed by atoms with Crippen molar-refractivity contribution in [1.29, 1.82) is 0 Å². The Morgan fingerprint density at radius 3 is 2.95 bits per heavy atom. The van der Waals surface area contributed by atoms with Crippen molar-refractivity contribution in [2.45, 2.75) is 13.5 Å². The maximum absolute atomic E-state index is 13.8. The Kier molecular flexibility index (Phi) is 3.31. The van der Waals surface area contributed by atoms with Gasteiger partial charge in [-0.2, -0.15) is 0 Å². The molecule has 3 rings (SSSR count). The molecule has 6 nitrogen and oxygen atoms in total. The summed E-state index contributed by atoms with van der Waals surface area (Å²) in [5.74, 6) is 0.0462. The molecule has 0 spiro atoms. The van der Waals surface area contributed by atoms with E-state index in [-0.39, 0.29) is 5.82 Å². The second-order valence-electron chi connectivity index (χ2n) is 4.05. The summed E-state index contributed by atoms with van der Waals surface area (Å²) in [7, 11) is 0. The van der Waals surface area contributed by atoms with E-state index in [2.05, 4.69) is 41.5 Å². The molecule has 0 aliphatic heterocycles. The number of nitrogens with one attached hydrogen (secondary N) is 1. The lowest BCUT2D eigenvalue weighted by atomic mass is 10.3. The molecule has 2 heterocycles. The molecule has 0 bridgehead atoms. The molecule has 20 heavy (non-hydrogen) atoms. The van der Waals surface area contributed by atoms with Gasteiger partial charge >= 0.3 is 0 Å².